The highest BCUT2D eigenvalue weighted by Gasteiger charge is 2.07. The fourth-order valence-corrected chi connectivity index (χ4v) is 1.48. The molecule has 0 unspecified atom stereocenters. The second-order valence-electron chi connectivity index (χ2n) is 3.97. The van der Waals surface area contributed by atoms with Crippen molar-refractivity contribution in [2.24, 2.45) is 0 Å². The number of hydrogen-bond donors (Lipinski definition) is 1. The van der Waals surface area contributed by atoms with Crippen LogP contribution in [-0.2, 0) is 6.54 Å². The molecule has 0 atom stereocenters. The third-order valence-corrected chi connectivity index (χ3v) is 2.42. The van der Waals surface area contributed by atoms with Crippen LogP contribution in [0.1, 0.15) is 24.7 Å². The van der Waals surface area contributed by atoms with Gasteiger partial charge in [0, 0.05) is 12.7 Å². The third-order valence-electron chi connectivity index (χ3n) is 2.42. The van der Waals surface area contributed by atoms with E-state index in [4.69, 9.17) is 9.15 Å². The van der Waals surface area contributed by atoms with Gasteiger partial charge in [-0.2, -0.15) is 4.98 Å². The molecule has 1 N–H and O–H groups in total. The van der Waals surface area contributed by atoms with E-state index in [-0.39, 0.29) is 6.08 Å². The van der Waals surface area contributed by atoms with Gasteiger partial charge in [-0.15, -0.1) is 0 Å². The molecular weight excluding hydrogens is 230 g/mol. The standard InChI is InChI=1S/C13H17N3O2/c1-3-6-14-8-11-9-17-13(16-11)18-12-5-4-7-15-10(12)2/h4-5,7,9,14H,3,6,8H2,1-2H3. The quantitative estimate of drug-likeness (QED) is 0.795. The Morgan fingerprint density at radius 2 is 2.33 bits per heavy atom. The fraction of sp³-hybridized carbons (Fsp3) is 0.385. The molecule has 0 saturated heterocycles. The van der Waals surface area contributed by atoms with E-state index in [1.54, 1.807) is 12.5 Å². The molecule has 0 radical (unpaired) electrons. The molecule has 2 heterocycles. The molecule has 0 saturated carbocycles. The van der Waals surface area contributed by atoms with Gasteiger partial charge < -0.3 is 14.5 Å². The topological polar surface area (TPSA) is 60.2 Å². The molecular formula is C13H17N3O2. The summed E-state index contributed by atoms with van der Waals surface area (Å²) in [7, 11) is 0. The first-order valence-electron chi connectivity index (χ1n) is 6.04. The van der Waals surface area contributed by atoms with Gasteiger partial charge >= 0.3 is 6.08 Å². The van der Waals surface area contributed by atoms with Crippen LogP contribution in [0.2, 0.25) is 0 Å². The Bertz CT molecular complexity index is 496. The van der Waals surface area contributed by atoms with Crippen molar-refractivity contribution in [1.82, 2.24) is 15.3 Å². The monoisotopic (exact) mass is 247 g/mol. The second kappa shape index (κ2) is 6.16. The zero-order chi connectivity index (χ0) is 12.8. The maximum Gasteiger partial charge on any atom is 0.399 e. The molecule has 5 heteroatoms. The highest BCUT2D eigenvalue weighted by molar-refractivity contribution is 5.27. The van der Waals surface area contributed by atoms with Crippen LogP contribution < -0.4 is 10.1 Å². The third kappa shape index (κ3) is 3.30. The number of rotatable bonds is 6. The van der Waals surface area contributed by atoms with Gasteiger partial charge in [-0.3, -0.25) is 4.98 Å². The summed E-state index contributed by atoms with van der Waals surface area (Å²) in [4.78, 5) is 8.38. The van der Waals surface area contributed by atoms with Crippen LogP contribution in [0, 0.1) is 6.92 Å². The smallest absolute Gasteiger partial charge is 0.399 e. The number of nitrogens with zero attached hydrogens (tertiary/aromatic N) is 2. The van der Waals surface area contributed by atoms with Crippen LogP contribution in [-0.4, -0.2) is 16.5 Å². The van der Waals surface area contributed by atoms with Crippen molar-refractivity contribution >= 4 is 0 Å². The molecule has 0 aliphatic heterocycles. The first-order valence-corrected chi connectivity index (χ1v) is 6.04. The molecule has 18 heavy (non-hydrogen) atoms. The van der Waals surface area contributed by atoms with Gasteiger partial charge in [-0.05, 0) is 32.0 Å². The fourth-order valence-electron chi connectivity index (χ4n) is 1.48. The van der Waals surface area contributed by atoms with E-state index < -0.39 is 0 Å². The van der Waals surface area contributed by atoms with Gasteiger partial charge in [0.15, 0.2) is 5.75 Å². The normalized spacial score (nSPS) is 10.6. The summed E-state index contributed by atoms with van der Waals surface area (Å²) in [5.41, 5.74) is 1.64. The average molecular weight is 247 g/mol. The van der Waals surface area contributed by atoms with E-state index in [0.29, 0.717) is 12.3 Å². The summed E-state index contributed by atoms with van der Waals surface area (Å²) >= 11 is 0. The van der Waals surface area contributed by atoms with Gasteiger partial charge in [0.05, 0.1) is 11.4 Å². The van der Waals surface area contributed by atoms with Gasteiger partial charge in [0.1, 0.15) is 6.26 Å². The first kappa shape index (κ1) is 12.6. The summed E-state index contributed by atoms with van der Waals surface area (Å²) in [6.07, 6.45) is 4.66. The van der Waals surface area contributed by atoms with Crippen molar-refractivity contribution in [3.05, 3.63) is 36.0 Å². The number of hydrogen-bond acceptors (Lipinski definition) is 5. The Hall–Kier alpha value is -1.88. The highest BCUT2D eigenvalue weighted by Crippen LogP contribution is 2.22. The number of pyridine rings is 1. The minimum absolute atomic E-state index is 0.249. The van der Waals surface area contributed by atoms with Crippen LogP contribution >= 0.6 is 0 Å². The molecule has 0 aromatic carbocycles. The molecule has 96 valence electrons. The molecule has 0 bridgehead atoms. The van der Waals surface area contributed by atoms with Crippen LogP contribution in [0.5, 0.6) is 11.8 Å². The summed E-state index contributed by atoms with van der Waals surface area (Å²) in [6.45, 7) is 5.65. The number of oxazole rings is 1. The van der Waals surface area contributed by atoms with Gasteiger partial charge in [0.2, 0.25) is 0 Å². The Kier molecular flexibility index (Phi) is 4.30. The summed E-state index contributed by atoms with van der Waals surface area (Å²) in [6, 6.07) is 3.65. The van der Waals surface area contributed by atoms with Crippen LogP contribution in [0.3, 0.4) is 0 Å². The zero-order valence-corrected chi connectivity index (χ0v) is 10.6. The molecule has 0 aliphatic carbocycles. The minimum Gasteiger partial charge on any atom is -0.417 e. The average Bonchev–Trinajstić information content (AvgIpc) is 2.80. The largest absolute Gasteiger partial charge is 0.417 e. The van der Waals surface area contributed by atoms with Crippen molar-refractivity contribution in [2.45, 2.75) is 26.8 Å². The van der Waals surface area contributed by atoms with Crippen LogP contribution in [0.15, 0.2) is 29.0 Å². The van der Waals surface area contributed by atoms with Crippen molar-refractivity contribution in [3.63, 3.8) is 0 Å². The Morgan fingerprint density at radius 1 is 1.44 bits per heavy atom. The molecule has 5 nitrogen and oxygen atoms in total. The van der Waals surface area contributed by atoms with Crippen LogP contribution in [0.4, 0.5) is 0 Å². The van der Waals surface area contributed by atoms with Crippen molar-refractivity contribution in [3.8, 4) is 11.8 Å². The Labute approximate surface area is 106 Å². The Balaban J connectivity index is 1.96. The minimum atomic E-state index is 0.249. The molecule has 2 aromatic rings. The van der Waals surface area contributed by atoms with E-state index in [1.807, 2.05) is 19.1 Å². The molecule has 2 aromatic heterocycles. The number of ether oxygens (including phenoxy) is 1. The highest BCUT2D eigenvalue weighted by atomic mass is 16.6. The summed E-state index contributed by atoms with van der Waals surface area (Å²) in [5.74, 6) is 0.660. The molecule has 0 amide bonds. The van der Waals surface area contributed by atoms with Crippen LogP contribution in [0.25, 0.3) is 0 Å². The van der Waals surface area contributed by atoms with Crippen molar-refractivity contribution < 1.29 is 9.15 Å². The number of nitrogens with one attached hydrogen (secondary N) is 1. The molecule has 0 aliphatic rings. The lowest BCUT2D eigenvalue weighted by Crippen LogP contribution is -2.13. The predicted octanol–water partition coefficient (Wildman–Crippen LogP) is 2.67. The van der Waals surface area contributed by atoms with Crippen molar-refractivity contribution in [2.75, 3.05) is 6.54 Å². The number of aromatic nitrogens is 2. The van der Waals surface area contributed by atoms with Gasteiger partial charge in [-0.25, -0.2) is 0 Å². The lowest BCUT2D eigenvalue weighted by Gasteiger charge is -2.02. The zero-order valence-electron chi connectivity index (χ0n) is 10.6. The maximum absolute atomic E-state index is 5.53. The molecule has 0 spiro atoms. The van der Waals surface area contributed by atoms with Gasteiger partial charge in [-0.1, -0.05) is 6.92 Å². The number of aryl methyl sites for hydroxylation is 1. The van der Waals surface area contributed by atoms with E-state index in [1.165, 1.54) is 0 Å². The molecule has 2 rings (SSSR count). The molecule has 0 fully saturated rings. The maximum atomic E-state index is 5.53. The first-order chi connectivity index (χ1) is 8.79. The predicted molar refractivity (Wildman–Crippen MR) is 67.5 cm³/mol. The summed E-state index contributed by atoms with van der Waals surface area (Å²) in [5, 5.41) is 3.25. The lowest BCUT2D eigenvalue weighted by atomic mass is 10.3. The Morgan fingerprint density at radius 3 is 3.11 bits per heavy atom. The lowest BCUT2D eigenvalue weighted by molar-refractivity contribution is 0.328. The van der Waals surface area contributed by atoms with Crippen molar-refractivity contribution in [1.29, 1.82) is 0 Å². The second-order valence-corrected chi connectivity index (χ2v) is 3.97. The SMILES string of the molecule is CCCNCc1coc(Oc2cccnc2C)n1. The van der Waals surface area contributed by atoms with Gasteiger partial charge in [0.25, 0.3) is 0 Å². The summed E-state index contributed by atoms with van der Waals surface area (Å²) < 4.78 is 10.8. The van der Waals surface area contributed by atoms with E-state index in [0.717, 1.165) is 24.4 Å². The van der Waals surface area contributed by atoms with E-state index in [9.17, 15) is 0 Å². The van der Waals surface area contributed by atoms with E-state index >= 15 is 0 Å². The van der Waals surface area contributed by atoms with E-state index in [2.05, 4.69) is 22.2 Å².